The van der Waals surface area contributed by atoms with Crippen molar-refractivity contribution < 1.29 is 8.78 Å². The average molecular weight is 228 g/mol. The third-order valence-electron chi connectivity index (χ3n) is 2.57. The molecule has 0 spiro atoms. The minimum Gasteiger partial charge on any atom is -0.330 e. The fourth-order valence-corrected chi connectivity index (χ4v) is 1.49. The molecular weight excluding hydrogens is 210 g/mol. The van der Waals surface area contributed by atoms with Crippen LogP contribution in [0.3, 0.4) is 0 Å². The molecule has 0 amide bonds. The van der Waals surface area contributed by atoms with Gasteiger partial charge in [0.1, 0.15) is 11.6 Å². The molecule has 1 aromatic carbocycles. The summed E-state index contributed by atoms with van der Waals surface area (Å²) in [4.78, 5) is 0. The lowest BCUT2D eigenvalue weighted by atomic mass is 10.1. The number of halogens is 2. The summed E-state index contributed by atoms with van der Waals surface area (Å²) in [5, 5.41) is 3.14. The number of hydrogen-bond donors (Lipinski definition) is 2. The molecule has 1 aromatic rings. The Hall–Kier alpha value is -1.00. The normalized spacial score (nSPS) is 12.8. The molecule has 0 radical (unpaired) electrons. The summed E-state index contributed by atoms with van der Waals surface area (Å²) < 4.78 is 26.4. The van der Waals surface area contributed by atoms with Crippen LogP contribution >= 0.6 is 0 Å². The largest absolute Gasteiger partial charge is 0.330 e. The van der Waals surface area contributed by atoms with E-state index in [2.05, 4.69) is 5.32 Å². The number of benzene rings is 1. The van der Waals surface area contributed by atoms with E-state index in [4.69, 9.17) is 5.73 Å². The van der Waals surface area contributed by atoms with Crippen LogP contribution in [0.4, 0.5) is 8.78 Å². The van der Waals surface area contributed by atoms with Gasteiger partial charge < -0.3 is 11.1 Å². The molecule has 2 nitrogen and oxygen atoms in total. The van der Waals surface area contributed by atoms with Crippen molar-refractivity contribution in [2.45, 2.75) is 32.9 Å². The van der Waals surface area contributed by atoms with Crippen LogP contribution in [0.25, 0.3) is 0 Å². The Kier molecular flexibility index (Phi) is 4.83. The first-order valence-corrected chi connectivity index (χ1v) is 5.42. The fourth-order valence-electron chi connectivity index (χ4n) is 1.49. The molecule has 0 aliphatic carbocycles. The topological polar surface area (TPSA) is 38.0 Å². The molecule has 1 unspecified atom stereocenters. The molecule has 16 heavy (non-hydrogen) atoms. The summed E-state index contributed by atoms with van der Waals surface area (Å²) in [5.74, 6) is -1.01. The number of hydrogen-bond acceptors (Lipinski definition) is 2. The van der Waals surface area contributed by atoms with Crippen molar-refractivity contribution in [2.75, 3.05) is 6.54 Å². The third-order valence-corrected chi connectivity index (χ3v) is 2.57. The van der Waals surface area contributed by atoms with E-state index < -0.39 is 11.6 Å². The van der Waals surface area contributed by atoms with Crippen LogP contribution in [0.5, 0.6) is 0 Å². The molecule has 90 valence electrons. The lowest BCUT2D eigenvalue weighted by molar-refractivity contribution is 0.501. The van der Waals surface area contributed by atoms with Crippen molar-refractivity contribution in [1.29, 1.82) is 0 Å². The first kappa shape index (κ1) is 13.1. The van der Waals surface area contributed by atoms with E-state index in [1.807, 2.05) is 6.92 Å². The van der Waals surface area contributed by atoms with Crippen LogP contribution in [-0.2, 0) is 6.54 Å². The van der Waals surface area contributed by atoms with Gasteiger partial charge in [-0.3, -0.25) is 0 Å². The van der Waals surface area contributed by atoms with Gasteiger partial charge in [0.25, 0.3) is 0 Å². The zero-order chi connectivity index (χ0) is 12.1. The van der Waals surface area contributed by atoms with E-state index in [1.54, 1.807) is 6.92 Å². The van der Waals surface area contributed by atoms with Crippen molar-refractivity contribution in [3.8, 4) is 0 Å². The van der Waals surface area contributed by atoms with Crippen molar-refractivity contribution in [1.82, 2.24) is 5.32 Å². The molecule has 0 aliphatic rings. The number of nitrogens with one attached hydrogen (secondary N) is 1. The summed E-state index contributed by atoms with van der Waals surface area (Å²) in [6.07, 6.45) is 0.835. The second-order valence-corrected chi connectivity index (χ2v) is 4.05. The van der Waals surface area contributed by atoms with E-state index in [0.29, 0.717) is 24.2 Å². The second kappa shape index (κ2) is 5.92. The van der Waals surface area contributed by atoms with Gasteiger partial charge in [-0.05, 0) is 38.4 Å². The van der Waals surface area contributed by atoms with Crippen LogP contribution in [0.1, 0.15) is 24.5 Å². The average Bonchev–Trinajstić information content (AvgIpc) is 2.22. The van der Waals surface area contributed by atoms with Crippen LogP contribution in [0.15, 0.2) is 12.1 Å². The predicted molar refractivity (Wildman–Crippen MR) is 61.1 cm³/mol. The highest BCUT2D eigenvalue weighted by Crippen LogP contribution is 2.14. The Morgan fingerprint density at radius 3 is 2.62 bits per heavy atom. The summed E-state index contributed by atoms with van der Waals surface area (Å²) in [7, 11) is 0. The second-order valence-electron chi connectivity index (χ2n) is 4.05. The highest BCUT2D eigenvalue weighted by molar-refractivity contribution is 5.25. The van der Waals surface area contributed by atoms with Gasteiger partial charge in [-0.1, -0.05) is 0 Å². The quantitative estimate of drug-likeness (QED) is 0.810. The standard InChI is InChI=1S/C12H18F2N2/c1-8-5-10(12(14)6-11(8)13)7-16-9(2)3-4-15/h5-6,9,16H,3-4,7,15H2,1-2H3. The summed E-state index contributed by atoms with van der Waals surface area (Å²) in [6.45, 7) is 4.61. The van der Waals surface area contributed by atoms with Gasteiger partial charge >= 0.3 is 0 Å². The maximum Gasteiger partial charge on any atom is 0.130 e. The molecule has 1 atom stereocenters. The van der Waals surface area contributed by atoms with Crippen LogP contribution < -0.4 is 11.1 Å². The van der Waals surface area contributed by atoms with Gasteiger partial charge in [0.2, 0.25) is 0 Å². The molecule has 3 N–H and O–H groups in total. The van der Waals surface area contributed by atoms with Crippen molar-refractivity contribution in [2.24, 2.45) is 5.73 Å². The molecule has 0 fully saturated rings. The number of rotatable bonds is 5. The van der Waals surface area contributed by atoms with Gasteiger partial charge in [-0.15, -0.1) is 0 Å². The first-order valence-electron chi connectivity index (χ1n) is 5.42. The molecule has 0 aromatic heterocycles. The highest BCUT2D eigenvalue weighted by atomic mass is 19.1. The van der Waals surface area contributed by atoms with Gasteiger partial charge in [0, 0.05) is 24.2 Å². The number of nitrogens with two attached hydrogens (primary N) is 1. The van der Waals surface area contributed by atoms with E-state index >= 15 is 0 Å². The van der Waals surface area contributed by atoms with Gasteiger partial charge in [0.05, 0.1) is 0 Å². The first-order chi connectivity index (χ1) is 7.54. The Balaban J connectivity index is 2.63. The minimum atomic E-state index is -0.504. The van der Waals surface area contributed by atoms with E-state index in [-0.39, 0.29) is 6.04 Å². The maximum atomic E-state index is 13.4. The van der Waals surface area contributed by atoms with Gasteiger partial charge in [-0.2, -0.15) is 0 Å². The molecule has 0 aliphatic heterocycles. The lowest BCUT2D eigenvalue weighted by Gasteiger charge is -2.13. The van der Waals surface area contributed by atoms with Crippen molar-refractivity contribution >= 4 is 0 Å². The zero-order valence-corrected chi connectivity index (χ0v) is 9.69. The fraction of sp³-hybridized carbons (Fsp3) is 0.500. The molecule has 0 saturated heterocycles. The van der Waals surface area contributed by atoms with E-state index in [1.165, 1.54) is 6.07 Å². The zero-order valence-electron chi connectivity index (χ0n) is 9.69. The summed E-state index contributed by atoms with van der Waals surface area (Å²) >= 11 is 0. The molecule has 0 heterocycles. The smallest absolute Gasteiger partial charge is 0.130 e. The minimum absolute atomic E-state index is 0.231. The Morgan fingerprint density at radius 2 is 2.00 bits per heavy atom. The monoisotopic (exact) mass is 228 g/mol. The summed E-state index contributed by atoms with van der Waals surface area (Å²) in [5.41, 5.74) is 6.36. The van der Waals surface area contributed by atoms with Crippen molar-refractivity contribution in [3.05, 3.63) is 34.9 Å². The third kappa shape index (κ3) is 3.54. The summed E-state index contributed by atoms with van der Waals surface area (Å²) in [6, 6.07) is 2.70. The predicted octanol–water partition coefficient (Wildman–Crippen LogP) is 2.10. The molecule has 1 rings (SSSR count). The lowest BCUT2D eigenvalue weighted by Crippen LogP contribution is -2.28. The SMILES string of the molecule is Cc1cc(CNC(C)CCN)c(F)cc1F. The molecule has 0 saturated carbocycles. The van der Waals surface area contributed by atoms with Crippen molar-refractivity contribution in [3.63, 3.8) is 0 Å². The molecular formula is C12H18F2N2. The van der Waals surface area contributed by atoms with Gasteiger partial charge in [0.15, 0.2) is 0 Å². The Morgan fingerprint density at radius 1 is 1.31 bits per heavy atom. The molecule has 4 heteroatoms. The highest BCUT2D eigenvalue weighted by Gasteiger charge is 2.08. The van der Waals surface area contributed by atoms with E-state index in [9.17, 15) is 8.78 Å². The van der Waals surface area contributed by atoms with Gasteiger partial charge in [-0.25, -0.2) is 8.78 Å². The Bertz CT molecular complexity index is 353. The maximum absolute atomic E-state index is 13.4. The molecule has 0 bridgehead atoms. The number of aryl methyl sites for hydroxylation is 1. The Labute approximate surface area is 94.8 Å². The van der Waals surface area contributed by atoms with Crippen LogP contribution in [0, 0.1) is 18.6 Å². The van der Waals surface area contributed by atoms with E-state index in [0.717, 1.165) is 12.5 Å². The van der Waals surface area contributed by atoms with Crippen LogP contribution in [-0.4, -0.2) is 12.6 Å². The van der Waals surface area contributed by atoms with Crippen LogP contribution in [0.2, 0.25) is 0 Å².